The van der Waals surface area contributed by atoms with Crippen LogP contribution < -0.4 is 22.1 Å². The molecule has 0 aromatic heterocycles. The van der Waals surface area contributed by atoms with Crippen LogP contribution in [0.1, 0.15) is 0 Å². The molecule has 6 N–H and O–H groups in total. The second-order valence-corrected chi connectivity index (χ2v) is 8.04. The molecule has 2 saturated heterocycles. The van der Waals surface area contributed by atoms with E-state index in [2.05, 4.69) is 10.6 Å². The van der Waals surface area contributed by atoms with Crippen molar-refractivity contribution in [3.8, 4) is 0 Å². The topological polar surface area (TPSA) is 181 Å². The number of hydrogen-bond donors (Lipinski definition) is 4. The molecule has 2 aliphatic heterocycles. The Kier molecular flexibility index (Phi) is 9.37. The molecule has 3 aromatic carbocycles. The van der Waals surface area contributed by atoms with Gasteiger partial charge in [0.2, 0.25) is 0 Å². The van der Waals surface area contributed by atoms with E-state index in [-0.39, 0.29) is 17.4 Å². The lowest BCUT2D eigenvalue weighted by Gasteiger charge is -2.27. The van der Waals surface area contributed by atoms with Crippen molar-refractivity contribution in [2.45, 2.75) is 12.1 Å². The molecule has 12 nitrogen and oxygen atoms in total. The number of benzene rings is 3. The molecule has 2 aliphatic rings. The summed E-state index contributed by atoms with van der Waals surface area (Å²) < 4.78 is 10.0. The van der Waals surface area contributed by atoms with Crippen LogP contribution in [-0.2, 0) is 9.47 Å². The van der Waals surface area contributed by atoms with Crippen molar-refractivity contribution < 1.29 is 19.3 Å². The SMILES string of the molecule is Nc1cccc(NC2COC2)c1.Nc1cccc([N+](=O)[O-])c1.O=[N+]([O-])c1cccc(NC2COC2)c1. The number of nitro groups is 2. The maximum absolute atomic E-state index is 10.5. The number of rotatable bonds is 6. The molecule has 0 bridgehead atoms. The number of ether oxygens (including phenoxy) is 2. The molecule has 190 valence electrons. The number of non-ortho nitro benzene ring substituents is 2. The Morgan fingerprint density at radius 1 is 0.667 bits per heavy atom. The van der Waals surface area contributed by atoms with Gasteiger partial charge in [0.1, 0.15) is 0 Å². The molecule has 0 unspecified atom stereocenters. The summed E-state index contributed by atoms with van der Waals surface area (Å²) in [5.74, 6) is 0. The van der Waals surface area contributed by atoms with Crippen LogP contribution in [0.5, 0.6) is 0 Å². The Morgan fingerprint density at radius 3 is 1.47 bits per heavy atom. The van der Waals surface area contributed by atoms with Gasteiger partial charge in [-0.25, -0.2) is 0 Å². The van der Waals surface area contributed by atoms with Gasteiger partial charge in [-0.3, -0.25) is 20.2 Å². The summed E-state index contributed by atoms with van der Waals surface area (Å²) in [4.78, 5) is 19.7. The summed E-state index contributed by atoms with van der Waals surface area (Å²) in [5, 5.41) is 27.0. The average Bonchev–Trinajstić information content (AvgIpc) is 2.80. The van der Waals surface area contributed by atoms with E-state index in [9.17, 15) is 20.2 Å². The fourth-order valence-corrected chi connectivity index (χ4v) is 3.09. The smallest absolute Gasteiger partial charge is 0.271 e. The van der Waals surface area contributed by atoms with E-state index in [1.165, 1.54) is 24.3 Å². The van der Waals surface area contributed by atoms with Crippen LogP contribution in [0.25, 0.3) is 0 Å². The molecule has 5 rings (SSSR count). The standard InChI is InChI=1S/C9H10N2O3.C9H12N2O.C6H6N2O2/c12-11(13)9-3-1-2-7(4-9)10-8-5-14-6-8;10-7-2-1-3-8(4-7)11-9-5-12-6-9;7-5-2-1-3-6(4-5)8(9)10/h1-4,8,10H,5-6H2;1-4,9,11H,5-6,10H2;1-4H,7H2. The fraction of sp³-hybridized carbons (Fsp3) is 0.250. The molecule has 2 fully saturated rings. The second-order valence-electron chi connectivity index (χ2n) is 8.04. The largest absolute Gasteiger partial charge is 0.399 e. The van der Waals surface area contributed by atoms with E-state index in [0.29, 0.717) is 24.9 Å². The van der Waals surface area contributed by atoms with Crippen LogP contribution in [0.3, 0.4) is 0 Å². The minimum atomic E-state index is -0.476. The maximum Gasteiger partial charge on any atom is 0.271 e. The van der Waals surface area contributed by atoms with Crippen molar-refractivity contribution in [3.63, 3.8) is 0 Å². The van der Waals surface area contributed by atoms with E-state index in [1.54, 1.807) is 18.2 Å². The Bertz CT molecular complexity index is 1170. The van der Waals surface area contributed by atoms with Crippen molar-refractivity contribution >= 4 is 34.1 Å². The molecule has 36 heavy (non-hydrogen) atoms. The lowest BCUT2D eigenvalue weighted by atomic mass is 10.2. The van der Waals surface area contributed by atoms with Crippen LogP contribution in [0.15, 0.2) is 72.8 Å². The van der Waals surface area contributed by atoms with Crippen LogP contribution in [0.2, 0.25) is 0 Å². The Morgan fingerprint density at radius 2 is 1.08 bits per heavy atom. The van der Waals surface area contributed by atoms with Gasteiger partial charge in [0.05, 0.1) is 48.4 Å². The van der Waals surface area contributed by atoms with Crippen LogP contribution in [0, 0.1) is 20.2 Å². The van der Waals surface area contributed by atoms with Crippen molar-refractivity contribution in [1.29, 1.82) is 0 Å². The Hall–Kier alpha value is -4.42. The Labute approximate surface area is 207 Å². The van der Waals surface area contributed by atoms with Gasteiger partial charge in [-0.15, -0.1) is 0 Å². The van der Waals surface area contributed by atoms with Crippen LogP contribution in [-0.4, -0.2) is 48.4 Å². The van der Waals surface area contributed by atoms with Crippen LogP contribution >= 0.6 is 0 Å². The van der Waals surface area contributed by atoms with E-state index >= 15 is 0 Å². The van der Waals surface area contributed by atoms with Crippen LogP contribution in [0.4, 0.5) is 34.1 Å². The maximum atomic E-state index is 10.5. The normalized spacial score (nSPS) is 14.4. The van der Waals surface area contributed by atoms with Crippen molar-refractivity contribution in [2.75, 3.05) is 48.5 Å². The minimum Gasteiger partial charge on any atom is -0.399 e. The summed E-state index contributed by atoms with van der Waals surface area (Å²) in [7, 11) is 0. The lowest BCUT2D eigenvalue weighted by molar-refractivity contribution is -0.385. The first-order chi connectivity index (χ1) is 17.3. The van der Waals surface area contributed by atoms with E-state index in [4.69, 9.17) is 20.9 Å². The van der Waals surface area contributed by atoms with Gasteiger partial charge < -0.3 is 31.6 Å². The fourth-order valence-electron chi connectivity index (χ4n) is 3.09. The number of nitrogens with zero attached hydrogens (tertiary/aromatic N) is 2. The number of nitrogens with one attached hydrogen (secondary N) is 2. The van der Waals surface area contributed by atoms with Gasteiger partial charge in [0.25, 0.3) is 11.4 Å². The third kappa shape index (κ3) is 8.42. The third-order valence-electron chi connectivity index (χ3n) is 5.04. The third-order valence-corrected chi connectivity index (χ3v) is 5.04. The molecule has 0 atom stereocenters. The average molecular weight is 497 g/mol. The van der Waals surface area contributed by atoms with Gasteiger partial charge in [-0.05, 0) is 30.3 Å². The quantitative estimate of drug-likeness (QED) is 0.223. The molecule has 0 radical (unpaired) electrons. The van der Waals surface area contributed by atoms with Gasteiger partial charge in [0, 0.05) is 47.0 Å². The van der Waals surface area contributed by atoms with Crippen molar-refractivity contribution in [2.24, 2.45) is 0 Å². The van der Waals surface area contributed by atoms with Gasteiger partial charge >= 0.3 is 0 Å². The number of nitrogen functional groups attached to an aromatic ring is 2. The van der Waals surface area contributed by atoms with Crippen molar-refractivity contribution in [3.05, 3.63) is 93.0 Å². The highest BCUT2D eigenvalue weighted by atomic mass is 16.6. The van der Waals surface area contributed by atoms with Gasteiger partial charge in [-0.1, -0.05) is 18.2 Å². The minimum absolute atomic E-state index is 0.0278. The zero-order valence-electron chi connectivity index (χ0n) is 19.4. The highest BCUT2D eigenvalue weighted by molar-refractivity contribution is 5.55. The molecule has 0 amide bonds. The Balaban J connectivity index is 0.000000153. The number of nitro benzene ring substituents is 2. The molecule has 0 aliphatic carbocycles. The second kappa shape index (κ2) is 12.9. The van der Waals surface area contributed by atoms with Crippen molar-refractivity contribution in [1.82, 2.24) is 0 Å². The highest BCUT2D eigenvalue weighted by Gasteiger charge is 2.18. The number of anilines is 4. The van der Waals surface area contributed by atoms with E-state index < -0.39 is 9.85 Å². The van der Waals surface area contributed by atoms with E-state index in [1.807, 2.05) is 30.3 Å². The molecule has 12 heteroatoms. The van der Waals surface area contributed by atoms with Gasteiger partial charge in [-0.2, -0.15) is 0 Å². The highest BCUT2D eigenvalue weighted by Crippen LogP contribution is 2.19. The number of hydrogen-bond acceptors (Lipinski definition) is 10. The zero-order valence-corrected chi connectivity index (χ0v) is 19.4. The lowest BCUT2D eigenvalue weighted by Crippen LogP contribution is -2.40. The molecular formula is C24H28N6O6. The monoisotopic (exact) mass is 496 g/mol. The molecule has 3 aromatic rings. The predicted molar refractivity (Wildman–Crippen MR) is 138 cm³/mol. The van der Waals surface area contributed by atoms with E-state index in [0.717, 1.165) is 30.3 Å². The molecular weight excluding hydrogens is 468 g/mol. The predicted octanol–water partition coefficient (Wildman–Crippen LogP) is 3.66. The number of nitrogens with two attached hydrogens (primary N) is 2. The summed E-state index contributed by atoms with van der Waals surface area (Å²) in [5.41, 5.74) is 14.1. The first-order valence-corrected chi connectivity index (χ1v) is 11.1. The first kappa shape index (κ1) is 26.2. The summed E-state index contributed by atoms with van der Waals surface area (Å²) in [6, 6.07) is 20.9. The molecule has 2 heterocycles. The summed E-state index contributed by atoms with van der Waals surface area (Å²) in [6.07, 6.45) is 0. The first-order valence-electron chi connectivity index (χ1n) is 11.1. The summed E-state index contributed by atoms with van der Waals surface area (Å²) in [6.45, 7) is 2.94. The van der Waals surface area contributed by atoms with Gasteiger partial charge in [0.15, 0.2) is 0 Å². The summed E-state index contributed by atoms with van der Waals surface area (Å²) >= 11 is 0. The molecule has 0 spiro atoms. The molecule has 0 saturated carbocycles. The zero-order chi connectivity index (χ0) is 25.9.